The van der Waals surface area contributed by atoms with E-state index in [1.807, 2.05) is 5.38 Å². The molecule has 18 heavy (non-hydrogen) atoms. The second kappa shape index (κ2) is 6.21. The summed E-state index contributed by atoms with van der Waals surface area (Å²) in [7, 11) is 0. The molecule has 2 nitrogen and oxygen atoms in total. The molecule has 0 N–H and O–H groups in total. The summed E-state index contributed by atoms with van der Waals surface area (Å²) in [4.78, 5) is 4.40. The third-order valence-electron chi connectivity index (χ3n) is 2.52. The fraction of sp³-hybridized carbons (Fsp3) is 0.357. The smallest absolute Gasteiger partial charge is 0.119 e. The fourth-order valence-corrected chi connectivity index (χ4v) is 2.81. The largest absolute Gasteiger partial charge is 0.493 e. The molecular formula is C14H16ClNOS. The molecule has 0 spiro atoms. The van der Waals surface area contributed by atoms with E-state index in [-0.39, 0.29) is 0 Å². The highest BCUT2D eigenvalue weighted by Crippen LogP contribution is 2.17. The average Bonchev–Trinajstić information content (AvgIpc) is 2.76. The normalized spacial score (nSPS) is 10.6. The molecule has 0 bridgehead atoms. The van der Waals surface area contributed by atoms with E-state index in [0.717, 1.165) is 22.9 Å². The summed E-state index contributed by atoms with van der Waals surface area (Å²) in [6.07, 6.45) is 0.828. The average molecular weight is 282 g/mol. The van der Waals surface area contributed by atoms with Gasteiger partial charge in [0.2, 0.25) is 0 Å². The van der Waals surface area contributed by atoms with Crippen molar-refractivity contribution < 1.29 is 4.74 Å². The van der Waals surface area contributed by atoms with E-state index in [1.54, 1.807) is 11.3 Å². The van der Waals surface area contributed by atoms with Crippen LogP contribution in [0.1, 0.15) is 21.8 Å². The van der Waals surface area contributed by atoms with Crippen LogP contribution in [-0.2, 0) is 12.3 Å². The van der Waals surface area contributed by atoms with Gasteiger partial charge in [-0.05, 0) is 37.1 Å². The van der Waals surface area contributed by atoms with Crippen LogP contribution in [0.25, 0.3) is 0 Å². The first-order valence-electron chi connectivity index (χ1n) is 5.87. The number of hydrogen-bond acceptors (Lipinski definition) is 3. The first kappa shape index (κ1) is 13.4. The van der Waals surface area contributed by atoms with Crippen LogP contribution in [0.3, 0.4) is 0 Å². The maximum atomic E-state index is 5.75. The first-order valence-corrected chi connectivity index (χ1v) is 7.29. The zero-order valence-electron chi connectivity index (χ0n) is 10.6. The van der Waals surface area contributed by atoms with Gasteiger partial charge >= 0.3 is 0 Å². The molecular weight excluding hydrogens is 266 g/mol. The number of ether oxygens (including phenoxy) is 1. The van der Waals surface area contributed by atoms with Gasteiger partial charge in [-0.15, -0.1) is 22.9 Å². The number of benzene rings is 1. The number of alkyl halides is 1. The molecule has 0 aliphatic carbocycles. The molecule has 0 atom stereocenters. The lowest BCUT2D eigenvalue weighted by molar-refractivity contribution is 0.321. The van der Waals surface area contributed by atoms with Gasteiger partial charge in [-0.3, -0.25) is 0 Å². The molecule has 1 aromatic carbocycles. The number of rotatable bonds is 5. The van der Waals surface area contributed by atoms with Crippen LogP contribution in [0.2, 0.25) is 0 Å². The van der Waals surface area contributed by atoms with E-state index in [2.05, 4.69) is 37.0 Å². The summed E-state index contributed by atoms with van der Waals surface area (Å²) >= 11 is 7.36. The minimum absolute atomic E-state index is 0.481. The Balaban J connectivity index is 1.88. The van der Waals surface area contributed by atoms with E-state index < -0.39 is 0 Å². The minimum Gasteiger partial charge on any atom is -0.493 e. The molecule has 2 rings (SSSR count). The van der Waals surface area contributed by atoms with E-state index >= 15 is 0 Å². The van der Waals surface area contributed by atoms with Crippen molar-refractivity contribution in [3.8, 4) is 5.75 Å². The molecule has 96 valence electrons. The number of aromatic nitrogens is 1. The maximum Gasteiger partial charge on any atom is 0.119 e. The van der Waals surface area contributed by atoms with Gasteiger partial charge in [0.25, 0.3) is 0 Å². The first-order chi connectivity index (χ1) is 8.67. The molecule has 0 aliphatic heterocycles. The Morgan fingerprint density at radius 2 is 1.94 bits per heavy atom. The van der Waals surface area contributed by atoms with Gasteiger partial charge in [-0.25, -0.2) is 4.98 Å². The number of halogens is 1. The summed E-state index contributed by atoms with van der Waals surface area (Å²) in [5, 5.41) is 3.08. The van der Waals surface area contributed by atoms with Crippen LogP contribution < -0.4 is 4.74 Å². The summed E-state index contributed by atoms with van der Waals surface area (Å²) in [6.45, 7) is 4.80. The molecule has 1 aromatic heterocycles. The SMILES string of the molecule is Cc1cc(C)cc(OCCc2nc(CCl)cs2)c1. The van der Waals surface area contributed by atoms with Crippen molar-refractivity contribution >= 4 is 22.9 Å². The van der Waals surface area contributed by atoms with E-state index in [1.165, 1.54) is 11.1 Å². The van der Waals surface area contributed by atoms with Crippen LogP contribution in [0.15, 0.2) is 23.6 Å². The molecule has 0 saturated heterocycles. The molecule has 0 aliphatic rings. The maximum absolute atomic E-state index is 5.75. The molecule has 0 unspecified atom stereocenters. The zero-order chi connectivity index (χ0) is 13.0. The third kappa shape index (κ3) is 3.72. The van der Waals surface area contributed by atoms with E-state index in [4.69, 9.17) is 16.3 Å². The fourth-order valence-electron chi connectivity index (χ4n) is 1.80. The monoisotopic (exact) mass is 281 g/mol. The zero-order valence-corrected chi connectivity index (χ0v) is 12.1. The Bertz CT molecular complexity index is 504. The predicted molar refractivity (Wildman–Crippen MR) is 76.8 cm³/mol. The topological polar surface area (TPSA) is 22.1 Å². The van der Waals surface area contributed by atoms with Gasteiger partial charge in [0.1, 0.15) is 5.75 Å². The van der Waals surface area contributed by atoms with Crippen LogP contribution >= 0.6 is 22.9 Å². The van der Waals surface area contributed by atoms with Gasteiger partial charge in [0.15, 0.2) is 0 Å². The molecule has 1 heterocycles. The van der Waals surface area contributed by atoms with Gasteiger partial charge < -0.3 is 4.74 Å². The van der Waals surface area contributed by atoms with Crippen LogP contribution in [0.5, 0.6) is 5.75 Å². The van der Waals surface area contributed by atoms with Crippen molar-refractivity contribution in [1.82, 2.24) is 4.98 Å². The van der Waals surface area contributed by atoms with Crippen molar-refractivity contribution in [2.24, 2.45) is 0 Å². The van der Waals surface area contributed by atoms with E-state index in [9.17, 15) is 0 Å². The van der Waals surface area contributed by atoms with Crippen molar-refractivity contribution in [1.29, 1.82) is 0 Å². The quantitative estimate of drug-likeness (QED) is 0.769. The molecule has 0 amide bonds. The molecule has 0 fully saturated rings. The molecule has 0 saturated carbocycles. The number of hydrogen-bond donors (Lipinski definition) is 0. The summed E-state index contributed by atoms with van der Waals surface area (Å²) < 4.78 is 5.75. The standard InChI is InChI=1S/C14H16ClNOS/c1-10-5-11(2)7-13(6-10)17-4-3-14-16-12(8-15)9-18-14/h5-7,9H,3-4,8H2,1-2H3. The van der Waals surface area contributed by atoms with Crippen LogP contribution in [-0.4, -0.2) is 11.6 Å². The number of thiazole rings is 1. The van der Waals surface area contributed by atoms with Gasteiger partial charge in [0.05, 0.1) is 23.2 Å². The highest BCUT2D eigenvalue weighted by molar-refractivity contribution is 7.09. The Morgan fingerprint density at radius 3 is 2.56 bits per heavy atom. The number of aryl methyl sites for hydroxylation is 2. The Morgan fingerprint density at radius 1 is 1.22 bits per heavy atom. The highest BCUT2D eigenvalue weighted by Gasteiger charge is 2.02. The second-order valence-electron chi connectivity index (χ2n) is 4.29. The summed E-state index contributed by atoms with van der Waals surface area (Å²) in [5.41, 5.74) is 3.40. The van der Waals surface area contributed by atoms with Crippen LogP contribution in [0.4, 0.5) is 0 Å². The second-order valence-corrected chi connectivity index (χ2v) is 5.50. The minimum atomic E-state index is 0.481. The van der Waals surface area contributed by atoms with Crippen molar-refractivity contribution in [3.63, 3.8) is 0 Å². The van der Waals surface area contributed by atoms with Gasteiger partial charge in [-0.1, -0.05) is 6.07 Å². The number of nitrogens with zero attached hydrogens (tertiary/aromatic N) is 1. The van der Waals surface area contributed by atoms with Crippen molar-refractivity contribution in [2.75, 3.05) is 6.61 Å². The highest BCUT2D eigenvalue weighted by atomic mass is 35.5. The molecule has 4 heteroatoms. The van der Waals surface area contributed by atoms with Crippen molar-refractivity contribution in [2.45, 2.75) is 26.1 Å². The molecule has 0 radical (unpaired) electrons. The molecule has 2 aromatic rings. The summed E-state index contributed by atoms with van der Waals surface area (Å²) in [5.74, 6) is 1.41. The lowest BCUT2D eigenvalue weighted by Gasteiger charge is -2.07. The van der Waals surface area contributed by atoms with Gasteiger partial charge in [0, 0.05) is 11.8 Å². The Labute approximate surface area is 117 Å². The van der Waals surface area contributed by atoms with E-state index in [0.29, 0.717) is 12.5 Å². The van der Waals surface area contributed by atoms with Crippen LogP contribution in [0, 0.1) is 13.8 Å². The Kier molecular flexibility index (Phi) is 4.61. The van der Waals surface area contributed by atoms with Crippen molar-refractivity contribution in [3.05, 3.63) is 45.4 Å². The lowest BCUT2D eigenvalue weighted by atomic mass is 10.1. The predicted octanol–water partition coefficient (Wildman–Crippen LogP) is 4.12. The van der Waals surface area contributed by atoms with Gasteiger partial charge in [-0.2, -0.15) is 0 Å². The summed E-state index contributed by atoms with van der Waals surface area (Å²) in [6, 6.07) is 6.25. The third-order valence-corrected chi connectivity index (χ3v) is 3.75. The Hall–Kier alpha value is -1.06. The lowest BCUT2D eigenvalue weighted by Crippen LogP contribution is -2.01.